The molecule has 1 aliphatic rings. The summed E-state index contributed by atoms with van der Waals surface area (Å²) >= 11 is 1.73. The topological polar surface area (TPSA) is 26.8 Å². The highest BCUT2D eigenvalue weighted by atomic mass is 32.1. The van der Waals surface area contributed by atoms with E-state index in [4.69, 9.17) is 0 Å². The summed E-state index contributed by atoms with van der Waals surface area (Å²) in [6.07, 6.45) is 1.88. The van der Waals surface area contributed by atoms with E-state index in [1.807, 2.05) is 11.0 Å². The number of rotatable bonds is 8. The van der Waals surface area contributed by atoms with Crippen molar-refractivity contribution >= 4 is 17.2 Å². The zero-order valence-electron chi connectivity index (χ0n) is 16.1. The van der Waals surface area contributed by atoms with Crippen LogP contribution in [0.25, 0.3) is 0 Å². The minimum Gasteiger partial charge on any atom is -0.339 e. The van der Waals surface area contributed by atoms with Crippen molar-refractivity contribution in [2.45, 2.75) is 20.0 Å². The fraction of sp³-hybridized carbons (Fsp3) is 0.409. The molecule has 0 spiro atoms. The van der Waals surface area contributed by atoms with Crippen LogP contribution in [0, 0.1) is 6.92 Å². The maximum absolute atomic E-state index is 12.8. The Hall–Kier alpha value is -1.95. The number of aryl methyl sites for hydroxylation is 1. The van der Waals surface area contributed by atoms with Gasteiger partial charge in [-0.3, -0.25) is 14.6 Å². The van der Waals surface area contributed by atoms with Crippen LogP contribution in [0.5, 0.6) is 0 Å². The van der Waals surface area contributed by atoms with Crippen LogP contribution in [0.1, 0.15) is 16.0 Å². The van der Waals surface area contributed by atoms with Crippen molar-refractivity contribution in [3.63, 3.8) is 0 Å². The second-order valence-electron chi connectivity index (χ2n) is 7.18. The fourth-order valence-corrected chi connectivity index (χ4v) is 4.25. The summed E-state index contributed by atoms with van der Waals surface area (Å²) in [7, 11) is 0. The number of piperazine rings is 1. The van der Waals surface area contributed by atoms with Gasteiger partial charge in [-0.1, -0.05) is 42.0 Å². The predicted molar refractivity (Wildman–Crippen MR) is 113 cm³/mol. The predicted octanol–water partition coefficient (Wildman–Crippen LogP) is 3.39. The summed E-state index contributed by atoms with van der Waals surface area (Å²) in [4.78, 5) is 20.7. The molecule has 4 nitrogen and oxygen atoms in total. The highest BCUT2D eigenvalue weighted by Crippen LogP contribution is 2.13. The number of carbonyl (C=O) groups is 1. The molecule has 1 aliphatic heterocycles. The standard InChI is InChI=1S/C22H29N3OS/c1-3-9-24(17-21-8-5-14-27-21)18-22(26)25-12-10-23(11-13-25)16-20-7-4-6-19(2)15-20/h3-8,14-15H,1,9-13,16-18H2,2H3. The first kappa shape index (κ1) is 19.8. The summed E-state index contributed by atoms with van der Waals surface area (Å²) in [5, 5.41) is 2.08. The lowest BCUT2D eigenvalue weighted by Crippen LogP contribution is -2.50. The van der Waals surface area contributed by atoms with Gasteiger partial charge in [0.2, 0.25) is 5.91 Å². The molecular weight excluding hydrogens is 354 g/mol. The Labute approximate surface area is 166 Å². The molecule has 0 radical (unpaired) electrons. The highest BCUT2D eigenvalue weighted by molar-refractivity contribution is 7.09. The molecule has 0 saturated carbocycles. The van der Waals surface area contributed by atoms with Crippen molar-refractivity contribution in [3.8, 4) is 0 Å². The third-order valence-electron chi connectivity index (χ3n) is 4.92. The van der Waals surface area contributed by atoms with E-state index in [1.165, 1.54) is 16.0 Å². The number of carbonyl (C=O) groups excluding carboxylic acids is 1. The van der Waals surface area contributed by atoms with Crippen molar-refractivity contribution < 1.29 is 4.79 Å². The lowest BCUT2D eigenvalue weighted by molar-refractivity contribution is -0.134. The third kappa shape index (κ3) is 6.03. The summed E-state index contributed by atoms with van der Waals surface area (Å²) in [6.45, 7) is 12.4. The van der Waals surface area contributed by atoms with Gasteiger partial charge in [0.1, 0.15) is 0 Å². The largest absolute Gasteiger partial charge is 0.339 e. The minimum atomic E-state index is 0.226. The summed E-state index contributed by atoms with van der Waals surface area (Å²) in [5.41, 5.74) is 2.65. The van der Waals surface area contributed by atoms with Crippen molar-refractivity contribution in [1.29, 1.82) is 0 Å². The van der Waals surface area contributed by atoms with Crippen LogP contribution in [0.15, 0.2) is 54.4 Å². The summed E-state index contributed by atoms with van der Waals surface area (Å²) in [6, 6.07) is 12.9. The first-order valence-corrected chi connectivity index (χ1v) is 10.4. The number of hydrogen-bond donors (Lipinski definition) is 0. The number of nitrogens with zero attached hydrogens (tertiary/aromatic N) is 3. The monoisotopic (exact) mass is 383 g/mol. The Balaban J connectivity index is 1.47. The van der Waals surface area contributed by atoms with Gasteiger partial charge >= 0.3 is 0 Å². The van der Waals surface area contributed by atoms with Gasteiger partial charge in [0.05, 0.1) is 6.54 Å². The van der Waals surface area contributed by atoms with Gasteiger partial charge < -0.3 is 4.90 Å². The molecule has 144 valence electrons. The molecule has 3 rings (SSSR count). The fourth-order valence-electron chi connectivity index (χ4n) is 3.51. The van der Waals surface area contributed by atoms with Crippen LogP contribution >= 0.6 is 11.3 Å². The third-order valence-corrected chi connectivity index (χ3v) is 5.78. The van der Waals surface area contributed by atoms with E-state index in [0.717, 1.165) is 45.8 Å². The molecule has 1 saturated heterocycles. The van der Waals surface area contributed by atoms with Crippen LogP contribution in [0.4, 0.5) is 0 Å². The maximum Gasteiger partial charge on any atom is 0.236 e. The number of hydrogen-bond acceptors (Lipinski definition) is 4. The van der Waals surface area contributed by atoms with Crippen molar-refractivity contribution in [2.75, 3.05) is 39.3 Å². The molecule has 0 bridgehead atoms. The average Bonchev–Trinajstić information content (AvgIpc) is 3.15. The number of thiophene rings is 1. The van der Waals surface area contributed by atoms with Crippen molar-refractivity contribution in [2.24, 2.45) is 0 Å². The minimum absolute atomic E-state index is 0.226. The lowest BCUT2D eigenvalue weighted by atomic mass is 10.1. The van der Waals surface area contributed by atoms with Crippen LogP contribution in [0.2, 0.25) is 0 Å². The van der Waals surface area contributed by atoms with Crippen molar-refractivity contribution in [3.05, 3.63) is 70.4 Å². The molecule has 27 heavy (non-hydrogen) atoms. The van der Waals surface area contributed by atoms with Gasteiger partial charge in [0.15, 0.2) is 0 Å². The van der Waals surface area contributed by atoms with E-state index in [0.29, 0.717) is 6.54 Å². The van der Waals surface area contributed by atoms with Gasteiger partial charge in [0.25, 0.3) is 0 Å². The zero-order chi connectivity index (χ0) is 19.1. The Bertz CT molecular complexity index is 736. The number of benzene rings is 1. The molecule has 1 aromatic heterocycles. The normalized spacial score (nSPS) is 15.3. The van der Waals surface area contributed by atoms with Crippen LogP contribution in [0.3, 0.4) is 0 Å². The summed E-state index contributed by atoms with van der Waals surface area (Å²) < 4.78 is 0. The molecule has 5 heteroatoms. The first-order chi connectivity index (χ1) is 13.1. The van der Waals surface area contributed by atoms with E-state index in [-0.39, 0.29) is 5.91 Å². The number of amides is 1. The Kier molecular flexibility index (Phi) is 7.21. The smallest absolute Gasteiger partial charge is 0.236 e. The molecule has 1 fully saturated rings. The van der Waals surface area contributed by atoms with E-state index < -0.39 is 0 Å². The zero-order valence-corrected chi connectivity index (χ0v) is 17.0. The maximum atomic E-state index is 12.8. The van der Waals surface area contributed by atoms with Gasteiger partial charge in [-0.25, -0.2) is 0 Å². The molecule has 0 N–H and O–H groups in total. The Morgan fingerprint density at radius 1 is 1.22 bits per heavy atom. The van der Waals surface area contributed by atoms with E-state index in [1.54, 1.807) is 11.3 Å². The SMILES string of the molecule is C=CCN(CC(=O)N1CCN(Cc2cccc(C)c2)CC1)Cc1cccs1. The van der Waals surface area contributed by atoms with Gasteiger partial charge in [-0.05, 0) is 23.9 Å². The molecule has 0 atom stereocenters. The van der Waals surface area contributed by atoms with E-state index in [9.17, 15) is 4.79 Å². The van der Waals surface area contributed by atoms with Gasteiger partial charge in [-0.15, -0.1) is 17.9 Å². The molecule has 0 unspecified atom stereocenters. The average molecular weight is 384 g/mol. The van der Waals surface area contributed by atoms with Crippen LogP contribution in [-0.2, 0) is 17.9 Å². The van der Waals surface area contributed by atoms with Crippen molar-refractivity contribution in [1.82, 2.24) is 14.7 Å². The van der Waals surface area contributed by atoms with E-state index >= 15 is 0 Å². The second kappa shape index (κ2) is 9.83. The Morgan fingerprint density at radius 3 is 2.70 bits per heavy atom. The van der Waals surface area contributed by atoms with Crippen LogP contribution < -0.4 is 0 Å². The molecule has 0 aliphatic carbocycles. The molecule has 1 amide bonds. The summed E-state index contributed by atoms with van der Waals surface area (Å²) in [5.74, 6) is 0.226. The van der Waals surface area contributed by atoms with Gasteiger partial charge in [-0.2, -0.15) is 0 Å². The Morgan fingerprint density at radius 2 is 2.04 bits per heavy atom. The lowest BCUT2D eigenvalue weighted by Gasteiger charge is -2.35. The quantitative estimate of drug-likeness (QED) is 0.654. The van der Waals surface area contributed by atoms with E-state index in [2.05, 4.69) is 65.1 Å². The molecule has 2 heterocycles. The molecule has 1 aromatic carbocycles. The second-order valence-corrected chi connectivity index (χ2v) is 8.22. The van der Waals surface area contributed by atoms with Crippen LogP contribution in [-0.4, -0.2) is 59.9 Å². The first-order valence-electron chi connectivity index (χ1n) is 9.55. The van der Waals surface area contributed by atoms with Gasteiger partial charge in [0, 0.05) is 50.7 Å². The molecule has 2 aromatic rings. The highest BCUT2D eigenvalue weighted by Gasteiger charge is 2.22. The molecular formula is C22H29N3OS.